The molecule has 1 heterocycles. The van der Waals surface area contributed by atoms with Crippen molar-refractivity contribution < 1.29 is 19.1 Å². The molecule has 7 nitrogen and oxygen atoms in total. The van der Waals surface area contributed by atoms with Crippen molar-refractivity contribution in [1.82, 2.24) is 15.5 Å². The van der Waals surface area contributed by atoms with Crippen LogP contribution >= 0.6 is 0 Å². The highest BCUT2D eigenvalue weighted by molar-refractivity contribution is 5.96. The largest absolute Gasteiger partial charge is 0.466 e. The number of carbonyl (C=O) groups excluding carboxylic acids is 3. The molecule has 3 amide bonds. The SMILES string of the molecule is CCOC(=O)[C@H]1CCCN([C@@H](C)C(=O)NC(=O)NCc2ccccc2)C1. The maximum Gasteiger partial charge on any atom is 0.321 e. The summed E-state index contributed by atoms with van der Waals surface area (Å²) in [6.07, 6.45) is 1.59. The van der Waals surface area contributed by atoms with Gasteiger partial charge in [0.05, 0.1) is 18.6 Å². The predicted octanol–water partition coefficient (Wildman–Crippen LogP) is 1.68. The second kappa shape index (κ2) is 9.91. The highest BCUT2D eigenvalue weighted by Gasteiger charge is 2.32. The van der Waals surface area contributed by atoms with Gasteiger partial charge in [-0.2, -0.15) is 0 Å². The summed E-state index contributed by atoms with van der Waals surface area (Å²) in [4.78, 5) is 38.1. The minimum absolute atomic E-state index is 0.217. The van der Waals surface area contributed by atoms with E-state index >= 15 is 0 Å². The highest BCUT2D eigenvalue weighted by Crippen LogP contribution is 2.19. The van der Waals surface area contributed by atoms with Gasteiger partial charge in [0.25, 0.3) is 0 Å². The Kier molecular flexibility index (Phi) is 7.59. The van der Waals surface area contributed by atoms with Crippen molar-refractivity contribution in [3.63, 3.8) is 0 Å². The zero-order valence-electron chi connectivity index (χ0n) is 15.4. The molecule has 2 N–H and O–H groups in total. The number of carbonyl (C=O) groups is 3. The number of rotatable bonds is 6. The number of benzene rings is 1. The Balaban J connectivity index is 1.80. The number of urea groups is 1. The second-order valence-electron chi connectivity index (χ2n) is 6.42. The Bertz CT molecular complexity index is 620. The van der Waals surface area contributed by atoms with E-state index in [-0.39, 0.29) is 17.8 Å². The fourth-order valence-corrected chi connectivity index (χ4v) is 3.02. The highest BCUT2D eigenvalue weighted by atomic mass is 16.5. The van der Waals surface area contributed by atoms with Gasteiger partial charge >= 0.3 is 12.0 Å². The molecule has 142 valence electrons. The molecule has 0 aromatic heterocycles. The fraction of sp³-hybridized carbons (Fsp3) is 0.526. The standard InChI is InChI=1S/C19H27N3O4/c1-3-26-18(24)16-10-7-11-22(13-16)14(2)17(23)21-19(25)20-12-15-8-5-4-6-9-15/h4-6,8-9,14,16H,3,7,10-13H2,1-2H3,(H2,20,21,23,25)/t14-,16-/m0/s1. The van der Waals surface area contributed by atoms with Gasteiger partial charge in [-0.3, -0.25) is 19.8 Å². The minimum atomic E-state index is -0.523. The number of nitrogens with one attached hydrogen (secondary N) is 2. The Morgan fingerprint density at radius 2 is 2.00 bits per heavy atom. The zero-order valence-corrected chi connectivity index (χ0v) is 15.4. The number of amides is 3. The van der Waals surface area contributed by atoms with E-state index in [9.17, 15) is 14.4 Å². The average Bonchev–Trinajstić information content (AvgIpc) is 2.67. The van der Waals surface area contributed by atoms with Crippen molar-refractivity contribution in [1.29, 1.82) is 0 Å². The van der Waals surface area contributed by atoms with Crippen molar-refractivity contribution in [2.45, 2.75) is 39.3 Å². The number of ether oxygens (including phenoxy) is 1. The minimum Gasteiger partial charge on any atom is -0.466 e. The van der Waals surface area contributed by atoms with E-state index in [1.165, 1.54) is 0 Å². The molecule has 0 unspecified atom stereocenters. The molecule has 0 aliphatic carbocycles. The van der Waals surface area contributed by atoms with Gasteiger partial charge in [-0.1, -0.05) is 30.3 Å². The van der Waals surface area contributed by atoms with Crippen LogP contribution in [0.2, 0.25) is 0 Å². The summed E-state index contributed by atoms with van der Waals surface area (Å²) in [7, 11) is 0. The number of likely N-dealkylation sites (tertiary alicyclic amines) is 1. The first-order chi connectivity index (χ1) is 12.5. The van der Waals surface area contributed by atoms with E-state index in [4.69, 9.17) is 4.74 Å². The van der Waals surface area contributed by atoms with Gasteiger partial charge in [-0.05, 0) is 38.8 Å². The molecule has 1 aliphatic rings. The van der Waals surface area contributed by atoms with Gasteiger partial charge in [0.1, 0.15) is 0 Å². The van der Waals surface area contributed by atoms with Crippen LogP contribution in [-0.4, -0.2) is 48.5 Å². The molecule has 1 aromatic rings. The third-order valence-corrected chi connectivity index (χ3v) is 4.53. The van der Waals surface area contributed by atoms with Crippen molar-refractivity contribution >= 4 is 17.9 Å². The first-order valence-corrected chi connectivity index (χ1v) is 9.04. The van der Waals surface area contributed by atoms with E-state index in [0.717, 1.165) is 24.9 Å². The third kappa shape index (κ3) is 5.84. The van der Waals surface area contributed by atoms with Gasteiger partial charge in [0, 0.05) is 13.1 Å². The topological polar surface area (TPSA) is 87.7 Å². The maximum atomic E-state index is 12.3. The quantitative estimate of drug-likeness (QED) is 0.753. The molecule has 1 aromatic carbocycles. The van der Waals surface area contributed by atoms with Crippen LogP contribution in [-0.2, 0) is 20.9 Å². The van der Waals surface area contributed by atoms with Crippen LogP contribution < -0.4 is 10.6 Å². The van der Waals surface area contributed by atoms with E-state index in [0.29, 0.717) is 19.7 Å². The van der Waals surface area contributed by atoms with Crippen LogP contribution in [0.5, 0.6) is 0 Å². The normalized spacial score (nSPS) is 18.6. The van der Waals surface area contributed by atoms with Crippen LogP contribution in [0.25, 0.3) is 0 Å². The molecule has 0 saturated carbocycles. The van der Waals surface area contributed by atoms with Gasteiger partial charge < -0.3 is 10.1 Å². The third-order valence-electron chi connectivity index (χ3n) is 4.53. The summed E-state index contributed by atoms with van der Waals surface area (Å²) >= 11 is 0. The summed E-state index contributed by atoms with van der Waals surface area (Å²) in [6, 6.07) is 8.45. The van der Waals surface area contributed by atoms with Crippen molar-refractivity contribution in [2.75, 3.05) is 19.7 Å². The number of nitrogens with zero attached hydrogens (tertiary/aromatic N) is 1. The number of hydrogen-bond acceptors (Lipinski definition) is 5. The average molecular weight is 361 g/mol. The smallest absolute Gasteiger partial charge is 0.321 e. The van der Waals surface area contributed by atoms with Crippen molar-refractivity contribution in [2.24, 2.45) is 5.92 Å². The Labute approximate surface area is 154 Å². The molecule has 0 radical (unpaired) electrons. The van der Waals surface area contributed by atoms with Crippen LogP contribution in [0.4, 0.5) is 4.79 Å². The lowest BCUT2D eigenvalue weighted by molar-refractivity contribution is -0.151. The first-order valence-electron chi connectivity index (χ1n) is 9.04. The predicted molar refractivity (Wildman–Crippen MR) is 97.2 cm³/mol. The molecule has 1 fully saturated rings. The number of imide groups is 1. The van der Waals surface area contributed by atoms with E-state index in [1.54, 1.807) is 13.8 Å². The van der Waals surface area contributed by atoms with Crippen LogP contribution in [0.1, 0.15) is 32.3 Å². The van der Waals surface area contributed by atoms with E-state index < -0.39 is 12.1 Å². The molecular weight excluding hydrogens is 334 g/mol. The fourth-order valence-electron chi connectivity index (χ4n) is 3.02. The van der Waals surface area contributed by atoms with Gasteiger partial charge in [-0.25, -0.2) is 4.79 Å². The van der Waals surface area contributed by atoms with Crippen LogP contribution in [0.15, 0.2) is 30.3 Å². The molecule has 1 saturated heterocycles. The van der Waals surface area contributed by atoms with Crippen LogP contribution in [0, 0.1) is 5.92 Å². The molecule has 0 spiro atoms. The van der Waals surface area contributed by atoms with Gasteiger partial charge in [0.15, 0.2) is 0 Å². The van der Waals surface area contributed by atoms with Crippen molar-refractivity contribution in [3.8, 4) is 0 Å². The first kappa shape index (κ1) is 19.9. The summed E-state index contributed by atoms with van der Waals surface area (Å²) in [5.41, 5.74) is 0.955. The lowest BCUT2D eigenvalue weighted by Crippen LogP contribution is -2.52. The lowest BCUT2D eigenvalue weighted by atomic mass is 9.97. The number of hydrogen-bond donors (Lipinski definition) is 2. The Hall–Kier alpha value is -2.41. The molecule has 1 aliphatic heterocycles. The number of piperidine rings is 1. The molecule has 2 rings (SSSR count). The molecule has 0 bridgehead atoms. The zero-order chi connectivity index (χ0) is 18.9. The summed E-state index contributed by atoms with van der Waals surface area (Å²) in [5, 5.41) is 5.04. The summed E-state index contributed by atoms with van der Waals surface area (Å²) < 4.78 is 5.08. The Morgan fingerprint density at radius 1 is 1.27 bits per heavy atom. The lowest BCUT2D eigenvalue weighted by Gasteiger charge is -2.34. The molecule has 26 heavy (non-hydrogen) atoms. The van der Waals surface area contributed by atoms with E-state index in [2.05, 4.69) is 10.6 Å². The van der Waals surface area contributed by atoms with Crippen molar-refractivity contribution in [3.05, 3.63) is 35.9 Å². The second-order valence-corrected chi connectivity index (χ2v) is 6.42. The van der Waals surface area contributed by atoms with E-state index in [1.807, 2.05) is 35.2 Å². The summed E-state index contributed by atoms with van der Waals surface area (Å²) in [6.45, 7) is 5.42. The monoisotopic (exact) mass is 361 g/mol. The molecule has 2 atom stereocenters. The molecular formula is C19H27N3O4. The van der Waals surface area contributed by atoms with Crippen LogP contribution in [0.3, 0.4) is 0 Å². The van der Waals surface area contributed by atoms with Gasteiger partial charge in [-0.15, -0.1) is 0 Å². The summed E-state index contributed by atoms with van der Waals surface area (Å²) in [5.74, 6) is -0.809. The molecule has 7 heteroatoms. The number of esters is 1. The Morgan fingerprint density at radius 3 is 2.69 bits per heavy atom. The van der Waals surface area contributed by atoms with Gasteiger partial charge in [0.2, 0.25) is 5.91 Å². The maximum absolute atomic E-state index is 12.3.